The van der Waals surface area contributed by atoms with Crippen molar-refractivity contribution in [2.24, 2.45) is 16.5 Å². The van der Waals surface area contributed by atoms with Crippen molar-refractivity contribution in [2.45, 2.75) is 24.4 Å². The predicted octanol–water partition coefficient (Wildman–Crippen LogP) is 2.25. The van der Waals surface area contributed by atoms with Crippen molar-refractivity contribution >= 4 is 11.9 Å². The summed E-state index contributed by atoms with van der Waals surface area (Å²) in [5.74, 6) is -0.730. The van der Waals surface area contributed by atoms with Crippen molar-refractivity contribution < 1.29 is 15.4 Å². The number of aliphatic carboxylic acids is 1. The zero-order valence-corrected chi connectivity index (χ0v) is 17.8. The summed E-state index contributed by atoms with van der Waals surface area (Å²) in [6.45, 7) is 0.383. The molecule has 0 bridgehead atoms. The first-order chi connectivity index (χ1) is 15.0. The van der Waals surface area contributed by atoms with E-state index in [0.29, 0.717) is 19.4 Å². The molecular formula is C25H30N4O3. The molecule has 7 nitrogen and oxygen atoms in total. The van der Waals surface area contributed by atoms with Crippen LogP contribution in [0.4, 0.5) is 0 Å². The Morgan fingerprint density at radius 2 is 1.28 bits per heavy atom. The second-order valence-corrected chi connectivity index (χ2v) is 7.33. The Hall–Kier alpha value is -3.68. The van der Waals surface area contributed by atoms with Gasteiger partial charge in [-0.05, 0) is 29.5 Å². The number of carbonyl (C=O) groups is 1. The Balaban J connectivity index is 0.00000363. The van der Waals surface area contributed by atoms with Gasteiger partial charge >= 0.3 is 5.97 Å². The molecule has 3 rings (SSSR count). The molecule has 32 heavy (non-hydrogen) atoms. The molecule has 1 atom stereocenters. The zero-order chi connectivity index (χ0) is 22.1. The number of guanidine groups is 1. The molecule has 0 heterocycles. The van der Waals surface area contributed by atoms with Gasteiger partial charge in [-0.15, -0.1) is 0 Å². The monoisotopic (exact) mass is 434 g/mol. The SMILES string of the molecule is NC(=NCCC[C@H](N)C(=O)O)NC(c1ccccc1)(c1ccccc1)c1ccccc1.O. The molecule has 0 aliphatic rings. The van der Waals surface area contributed by atoms with Crippen LogP contribution in [0, 0.1) is 0 Å². The molecule has 0 unspecified atom stereocenters. The maximum Gasteiger partial charge on any atom is 0.320 e. The molecule has 168 valence electrons. The Morgan fingerprint density at radius 3 is 1.66 bits per heavy atom. The van der Waals surface area contributed by atoms with Crippen LogP contribution in [0.5, 0.6) is 0 Å². The van der Waals surface area contributed by atoms with E-state index in [1.807, 2.05) is 54.6 Å². The van der Waals surface area contributed by atoms with Crippen LogP contribution in [0.2, 0.25) is 0 Å². The van der Waals surface area contributed by atoms with E-state index in [4.69, 9.17) is 16.6 Å². The van der Waals surface area contributed by atoms with E-state index in [0.717, 1.165) is 16.7 Å². The van der Waals surface area contributed by atoms with Crippen LogP contribution in [0.15, 0.2) is 96.0 Å². The van der Waals surface area contributed by atoms with E-state index in [-0.39, 0.29) is 11.4 Å². The van der Waals surface area contributed by atoms with Crippen molar-refractivity contribution in [2.75, 3.05) is 6.54 Å². The first-order valence-corrected chi connectivity index (χ1v) is 10.3. The maximum atomic E-state index is 10.9. The lowest BCUT2D eigenvalue weighted by atomic mass is 9.77. The predicted molar refractivity (Wildman–Crippen MR) is 127 cm³/mol. The molecule has 0 aliphatic carbocycles. The normalized spacial score (nSPS) is 12.5. The third kappa shape index (κ3) is 5.72. The Bertz CT molecular complexity index is 899. The lowest BCUT2D eigenvalue weighted by Crippen LogP contribution is -2.50. The molecule has 0 saturated heterocycles. The molecule has 8 N–H and O–H groups in total. The lowest BCUT2D eigenvalue weighted by molar-refractivity contribution is -0.138. The average Bonchev–Trinajstić information content (AvgIpc) is 2.82. The van der Waals surface area contributed by atoms with Crippen LogP contribution in [0.1, 0.15) is 29.5 Å². The highest BCUT2D eigenvalue weighted by Gasteiger charge is 2.36. The van der Waals surface area contributed by atoms with Gasteiger partial charge in [0.2, 0.25) is 0 Å². The minimum Gasteiger partial charge on any atom is -0.480 e. The molecule has 0 spiro atoms. The molecule has 0 amide bonds. The number of nitrogens with one attached hydrogen (secondary N) is 1. The lowest BCUT2D eigenvalue weighted by Gasteiger charge is -2.37. The summed E-state index contributed by atoms with van der Waals surface area (Å²) < 4.78 is 0. The number of nitrogens with two attached hydrogens (primary N) is 2. The summed E-state index contributed by atoms with van der Waals surface area (Å²) in [6, 6.07) is 29.4. The van der Waals surface area contributed by atoms with Gasteiger partial charge < -0.3 is 27.4 Å². The smallest absolute Gasteiger partial charge is 0.320 e. The van der Waals surface area contributed by atoms with Gasteiger partial charge in [0.1, 0.15) is 11.6 Å². The summed E-state index contributed by atoms with van der Waals surface area (Å²) in [5, 5.41) is 12.4. The first-order valence-electron chi connectivity index (χ1n) is 10.3. The number of nitrogens with zero attached hydrogens (tertiary/aromatic N) is 1. The number of carboxylic acid groups (broad SMARTS) is 1. The third-order valence-corrected chi connectivity index (χ3v) is 5.21. The summed E-state index contributed by atoms with van der Waals surface area (Å²) in [5.41, 5.74) is 14.2. The fraction of sp³-hybridized carbons (Fsp3) is 0.200. The number of hydrogen-bond donors (Lipinski definition) is 4. The maximum absolute atomic E-state index is 10.9. The van der Waals surface area contributed by atoms with Gasteiger partial charge in [-0.3, -0.25) is 9.79 Å². The van der Waals surface area contributed by atoms with Gasteiger partial charge in [-0.1, -0.05) is 91.0 Å². The first kappa shape index (κ1) is 24.6. The van der Waals surface area contributed by atoms with Crippen LogP contribution < -0.4 is 16.8 Å². The van der Waals surface area contributed by atoms with Crippen molar-refractivity contribution in [3.8, 4) is 0 Å². The van der Waals surface area contributed by atoms with Crippen molar-refractivity contribution in [3.05, 3.63) is 108 Å². The van der Waals surface area contributed by atoms with E-state index < -0.39 is 17.6 Å². The van der Waals surface area contributed by atoms with Crippen molar-refractivity contribution in [1.29, 1.82) is 0 Å². The van der Waals surface area contributed by atoms with Crippen molar-refractivity contribution in [3.63, 3.8) is 0 Å². The molecule has 0 fully saturated rings. The summed E-state index contributed by atoms with van der Waals surface area (Å²) in [4.78, 5) is 15.3. The van der Waals surface area contributed by atoms with Crippen LogP contribution in [0.3, 0.4) is 0 Å². The second kappa shape index (κ2) is 11.6. The van der Waals surface area contributed by atoms with E-state index in [1.165, 1.54) is 0 Å². The van der Waals surface area contributed by atoms with Gasteiger partial charge in [0.25, 0.3) is 0 Å². The Labute approximate surface area is 188 Å². The van der Waals surface area contributed by atoms with Gasteiger partial charge in [0.05, 0.1) is 0 Å². The minimum absolute atomic E-state index is 0. The topological polar surface area (TPSA) is 145 Å². The quantitative estimate of drug-likeness (QED) is 0.177. The standard InChI is InChI=1S/C25H28N4O2.H2O/c26-22(23(30)31)17-10-18-28-24(27)29-25(19-11-4-1-5-12-19,20-13-6-2-7-14-20)21-15-8-3-9-16-21;/h1-9,11-16,22H,10,17-18,26H2,(H,30,31)(H3,27,28,29);1H2/t22-;/m0./s1. The third-order valence-electron chi connectivity index (χ3n) is 5.21. The number of aliphatic imine (C=N–C) groups is 1. The summed E-state index contributed by atoms with van der Waals surface area (Å²) >= 11 is 0. The highest BCUT2D eigenvalue weighted by molar-refractivity contribution is 5.80. The van der Waals surface area contributed by atoms with E-state index in [2.05, 4.69) is 46.7 Å². The van der Waals surface area contributed by atoms with Gasteiger partial charge in [-0.2, -0.15) is 0 Å². The molecule has 0 saturated carbocycles. The van der Waals surface area contributed by atoms with E-state index in [1.54, 1.807) is 0 Å². The molecule has 3 aromatic rings. The van der Waals surface area contributed by atoms with Gasteiger partial charge in [0, 0.05) is 6.54 Å². The molecule has 3 aromatic carbocycles. The largest absolute Gasteiger partial charge is 0.480 e. The van der Waals surface area contributed by atoms with Gasteiger partial charge in [-0.25, -0.2) is 0 Å². The highest BCUT2D eigenvalue weighted by atomic mass is 16.4. The van der Waals surface area contributed by atoms with E-state index in [9.17, 15) is 4.79 Å². The van der Waals surface area contributed by atoms with E-state index >= 15 is 0 Å². The molecule has 0 radical (unpaired) electrons. The van der Waals surface area contributed by atoms with Crippen LogP contribution >= 0.6 is 0 Å². The number of carboxylic acids is 1. The molecular weight excluding hydrogens is 404 g/mol. The summed E-state index contributed by atoms with van der Waals surface area (Å²) in [6.07, 6.45) is 0.873. The fourth-order valence-corrected chi connectivity index (χ4v) is 3.65. The number of hydrogen-bond acceptors (Lipinski definition) is 3. The molecule has 0 aliphatic heterocycles. The summed E-state index contributed by atoms with van der Waals surface area (Å²) in [7, 11) is 0. The fourth-order valence-electron chi connectivity index (χ4n) is 3.65. The van der Waals surface area contributed by atoms with Gasteiger partial charge in [0.15, 0.2) is 5.96 Å². The highest BCUT2D eigenvalue weighted by Crippen LogP contribution is 2.36. The zero-order valence-electron chi connectivity index (χ0n) is 17.8. The minimum atomic E-state index is -1.01. The van der Waals surface area contributed by atoms with Crippen LogP contribution in [-0.4, -0.2) is 35.1 Å². The van der Waals surface area contributed by atoms with Crippen molar-refractivity contribution in [1.82, 2.24) is 5.32 Å². The number of rotatable bonds is 9. The molecule has 0 aromatic heterocycles. The Kier molecular flexibility index (Phi) is 8.95. The second-order valence-electron chi connectivity index (χ2n) is 7.33. The number of benzene rings is 3. The van der Waals surface area contributed by atoms with Crippen LogP contribution in [0.25, 0.3) is 0 Å². The molecule has 7 heteroatoms. The van der Waals surface area contributed by atoms with Crippen LogP contribution in [-0.2, 0) is 10.3 Å². The Morgan fingerprint density at radius 1 is 0.875 bits per heavy atom. The average molecular weight is 435 g/mol.